The van der Waals surface area contributed by atoms with Crippen LogP contribution in [0.4, 0.5) is 4.79 Å². The Hall–Kier alpha value is -1.71. The zero-order chi connectivity index (χ0) is 15.2. The van der Waals surface area contributed by atoms with E-state index in [2.05, 4.69) is 5.32 Å². The first-order chi connectivity index (χ1) is 10.8. The SMILES string of the molecule is O=C(NCc1ccc(OC2CCCCC2)cc1)N1CCCC1. The minimum absolute atomic E-state index is 0.0556. The smallest absolute Gasteiger partial charge is 0.317 e. The minimum atomic E-state index is 0.0556. The van der Waals surface area contributed by atoms with Gasteiger partial charge < -0.3 is 15.0 Å². The molecule has 3 rings (SSSR count). The Balaban J connectivity index is 1.45. The van der Waals surface area contributed by atoms with Gasteiger partial charge in [0.05, 0.1) is 6.10 Å². The standard InChI is InChI=1S/C18H26N2O2/c21-18(20-12-4-5-13-20)19-14-15-8-10-17(11-9-15)22-16-6-2-1-3-7-16/h8-11,16H,1-7,12-14H2,(H,19,21). The van der Waals surface area contributed by atoms with Gasteiger partial charge in [-0.25, -0.2) is 4.79 Å². The monoisotopic (exact) mass is 302 g/mol. The van der Waals surface area contributed by atoms with E-state index in [1.807, 2.05) is 29.2 Å². The zero-order valence-electron chi connectivity index (χ0n) is 13.2. The van der Waals surface area contributed by atoms with Gasteiger partial charge in [0.15, 0.2) is 0 Å². The predicted octanol–water partition coefficient (Wildman–Crippen LogP) is 3.70. The predicted molar refractivity (Wildman–Crippen MR) is 87.0 cm³/mol. The summed E-state index contributed by atoms with van der Waals surface area (Å²) in [5, 5.41) is 2.99. The molecular formula is C18H26N2O2. The molecule has 2 amide bonds. The van der Waals surface area contributed by atoms with Crippen LogP contribution in [0.2, 0.25) is 0 Å². The summed E-state index contributed by atoms with van der Waals surface area (Å²) < 4.78 is 6.02. The summed E-state index contributed by atoms with van der Waals surface area (Å²) in [5.41, 5.74) is 1.11. The molecule has 0 spiro atoms. The molecule has 0 atom stereocenters. The van der Waals surface area contributed by atoms with Crippen LogP contribution in [0.1, 0.15) is 50.5 Å². The van der Waals surface area contributed by atoms with Crippen molar-refractivity contribution in [3.63, 3.8) is 0 Å². The van der Waals surface area contributed by atoms with E-state index in [0.717, 1.165) is 37.2 Å². The lowest BCUT2D eigenvalue weighted by atomic mass is 9.98. The fourth-order valence-corrected chi connectivity index (χ4v) is 3.27. The highest BCUT2D eigenvalue weighted by atomic mass is 16.5. The molecule has 2 fully saturated rings. The van der Waals surface area contributed by atoms with Crippen LogP contribution in [0.5, 0.6) is 5.75 Å². The Morgan fingerprint density at radius 2 is 1.73 bits per heavy atom. The van der Waals surface area contributed by atoms with Crippen molar-refractivity contribution in [1.82, 2.24) is 10.2 Å². The Morgan fingerprint density at radius 1 is 1.05 bits per heavy atom. The molecule has 1 N–H and O–H groups in total. The van der Waals surface area contributed by atoms with Gasteiger partial charge in [-0.05, 0) is 56.2 Å². The topological polar surface area (TPSA) is 41.6 Å². The molecule has 1 heterocycles. The van der Waals surface area contributed by atoms with Gasteiger partial charge in [0.25, 0.3) is 0 Å². The summed E-state index contributed by atoms with van der Waals surface area (Å²) in [5.74, 6) is 0.946. The summed E-state index contributed by atoms with van der Waals surface area (Å²) in [7, 11) is 0. The van der Waals surface area contributed by atoms with E-state index in [9.17, 15) is 4.79 Å². The average molecular weight is 302 g/mol. The normalized spacial score (nSPS) is 19.2. The highest BCUT2D eigenvalue weighted by Gasteiger charge is 2.17. The Morgan fingerprint density at radius 3 is 2.41 bits per heavy atom. The molecule has 1 aliphatic carbocycles. The van der Waals surface area contributed by atoms with Crippen LogP contribution in [0, 0.1) is 0 Å². The molecule has 1 aromatic carbocycles. The van der Waals surface area contributed by atoms with Gasteiger partial charge in [0.1, 0.15) is 5.75 Å². The van der Waals surface area contributed by atoms with E-state index in [-0.39, 0.29) is 6.03 Å². The zero-order valence-corrected chi connectivity index (χ0v) is 13.2. The number of carbonyl (C=O) groups excluding carboxylic acids is 1. The number of nitrogens with zero attached hydrogens (tertiary/aromatic N) is 1. The molecule has 0 aromatic heterocycles. The van der Waals surface area contributed by atoms with Crippen molar-refractivity contribution in [2.45, 2.75) is 57.6 Å². The Kier molecular flexibility index (Phi) is 5.20. The van der Waals surface area contributed by atoms with Gasteiger partial charge in [-0.15, -0.1) is 0 Å². The lowest BCUT2D eigenvalue weighted by Crippen LogP contribution is -2.37. The number of likely N-dealkylation sites (tertiary alicyclic amines) is 1. The van der Waals surface area contributed by atoms with E-state index in [4.69, 9.17) is 4.74 Å². The van der Waals surface area contributed by atoms with Crippen molar-refractivity contribution in [3.8, 4) is 5.75 Å². The van der Waals surface area contributed by atoms with Crippen molar-refractivity contribution < 1.29 is 9.53 Å². The number of nitrogens with one attached hydrogen (secondary N) is 1. The molecule has 2 aliphatic rings. The second-order valence-electron chi connectivity index (χ2n) is 6.37. The highest BCUT2D eigenvalue weighted by molar-refractivity contribution is 5.74. The van der Waals surface area contributed by atoms with Crippen LogP contribution >= 0.6 is 0 Å². The Bertz CT molecular complexity index is 474. The molecule has 4 heteroatoms. The summed E-state index contributed by atoms with van der Waals surface area (Å²) >= 11 is 0. The van der Waals surface area contributed by atoms with Gasteiger partial charge in [0, 0.05) is 19.6 Å². The van der Waals surface area contributed by atoms with Crippen molar-refractivity contribution in [3.05, 3.63) is 29.8 Å². The molecule has 0 unspecified atom stereocenters. The van der Waals surface area contributed by atoms with Crippen molar-refractivity contribution in [2.75, 3.05) is 13.1 Å². The number of ether oxygens (including phenoxy) is 1. The van der Waals surface area contributed by atoms with E-state index < -0.39 is 0 Å². The first kappa shape index (κ1) is 15.2. The molecule has 4 nitrogen and oxygen atoms in total. The van der Waals surface area contributed by atoms with Crippen LogP contribution in [-0.2, 0) is 6.54 Å². The molecule has 1 saturated carbocycles. The molecule has 1 aliphatic heterocycles. The van der Waals surface area contributed by atoms with E-state index in [0.29, 0.717) is 12.6 Å². The second kappa shape index (κ2) is 7.52. The summed E-state index contributed by atoms with van der Waals surface area (Å²) in [6, 6.07) is 8.18. The number of benzene rings is 1. The lowest BCUT2D eigenvalue weighted by molar-refractivity contribution is 0.155. The average Bonchev–Trinajstić information content (AvgIpc) is 3.09. The number of carbonyl (C=O) groups is 1. The number of rotatable bonds is 4. The summed E-state index contributed by atoms with van der Waals surface area (Å²) in [6.45, 7) is 2.36. The molecule has 0 radical (unpaired) electrons. The summed E-state index contributed by atoms with van der Waals surface area (Å²) in [6.07, 6.45) is 8.89. The fraction of sp³-hybridized carbons (Fsp3) is 0.611. The van der Waals surface area contributed by atoms with Gasteiger partial charge in [-0.2, -0.15) is 0 Å². The second-order valence-corrected chi connectivity index (χ2v) is 6.37. The van der Waals surface area contributed by atoms with Gasteiger partial charge in [-0.1, -0.05) is 18.6 Å². The number of urea groups is 1. The first-order valence-corrected chi connectivity index (χ1v) is 8.59. The number of hydrogen-bond acceptors (Lipinski definition) is 2. The van der Waals surface area contributed by atoms with Gasteiger partial charge in [-0.3, -0.25) is 0 Å². The first-order valence-electron chi connectivity index (χ1n) is 8.59. The maximum Gasteiger partial charge on any atom is 0.317 e. The van der Waals surface area contributed by atoms with E-state index in [1.165, 1.54) is 32.1 Å². The van der Waals surface area contributed by atoms with Gasteiger partial charge in [0.2, 0.25) is 0 Å². The quantitative estimate of drug-likeness (QED) is 0.921. The largest absolute Gasteiger partial charge is 0.490 e. The third-order valence-corrected chi connectivity index (χ3v) is 4.62. The van der Waals surface area contributed by atoms with Crippen LogP contribution in [0.15, 0.2) is 24.3 Å². The Labute approximate surface area is 132 Å². The molecular weight excluding hydrogens is 276 g/mol. The molecule has 22 heavy (non-hydrogen) atoms. The van der Waals surface area contributed by atoms with E-state index in [1.54, 1.807) is 0 Å². The van der Waals surface area contributed by atoms with Gasteiger partial charge >= 0.3 is 6.03 Å². The fourth-order valence-electron chi connectivity index (χ4n) is 3.27. The van der Waals surface area contributed by atoms with Crippen molar-refractivity contribution in [1.29, 1.82) is 0 Å². The number of amides is 2. The maximum absolute atomic E-state index is 11.9. The minimum Gasteiger partial charge on any atom is -0.490 e. The van der Waals surface area contributed by atoms with Crippen LogP contribution < -0.4 is 10.1 Å². The number of hydrogen-bond donors (Lipinski definition) is 1. The maximum atomic E-state index is 11.9. The van der Waals surface area contributed by atoms with Crippen molar-refractivity contribution >= 4 is 6.03 Å². The third-order valence-electron chi connectivity index (χ3n) is 4.62. The van der Waals surface area contributed by atoms with Crippen LogP contribution in [-0.4, -0.2) is 30.1 Å². The molecule has 0 bridgehead atoms. The van der Waals surface area contributed by atoms with Crippen molar-refractivity contribution in [2.24, 2.45) is 0 Å². The highest BCUT2D eigenvalue weighted by Crippen LogP contribution is 2.23. The van der Waals surface area contributed by atoms with E-state index >= 15 is 0 Å². The lowest BCUT2D eigenvalue weighted by Gasteiger charge is -2.23. The summed E-state index contributed by atoms with van der Waals surface area (Å²) in [4.78, 5) is 13.8. The molecule has 1 aromatic rings. The van der Waals surface area contributed by atoms with Crippen LogP contribution in [0.3, 0.4) is 0 Å². The molecule has 1 saturated heterocycles. The third kappa shape index (κ3) is 4.15. The van der Waals surface area contributed by atoms with Crippen LogP contribution in [0.25, 0.3) is 0 Å². The molecule has 120 valence electrons.